The topological polar surface area (TPSA) is 26.3 Å². The van der Waals surface area contributed by atoms with Gasteiger partial charge in [0.1, 0.15) is 6.29 Å². The van der Waals surface area contributed by atoms with Gasteiger partial charge in [0.2, 0.25) is 8.32 Å². The van der Waals surface area contributed by atoms with Crippen LogP contribution in [0, 0.1) is 23.7 Å². The Morgan fingerprint density at radius 1 is 1.00 bits per heavy atom. The molecule has 0 N–H and O–H groups in total. The van der Waals surface area contributed by atoms with Gasteiger partial charge in [0.15, 0.2) is 0 Å². The first-order chi connectivity index (χ1) is 11.3. The molecule has 0 aromatic rings. The van der Waals surface area contributed by atoms with Gasteiger partial charge in [-0.2, -0.15) is 0 Å². The molecule has 2 rings (SSSR count). The molecule has 0 amide bonds. The van der Waals surface area contributed by atoms with E-state index >= 15 is 0 Å². The third-order valence-electron chi connectivity index (χ3n) is 6.88. The van der Waals surface area contributed by atoms with Crippen LogP contribution >= 0.6 is 0 Å². The maximum absolute atomic E-state index is 11.9. The van der Waals surface area contributed by atoms with Gasteiger partial charge in [0, 0.05) is 17.9 Å². The van der Waals surface area contributed by atoms with Gasteiger partial charge in [0.25, 0.3) is 0 Å². The fourth-order valence-electron chi connectivity index (χ4n) is 5.79. The van der Waals surface area contributed by atoms with Gasteiger partial charge < -0.3 is 9.22 Å². The predicted molar refractivity (Wildman–Crippen MR) is 105 cm³/mol. The molecule has 2 aliphatic rings. The molecule has 0 heterocycles. The molecule has 0 spiro atoms. The SMILES string of the molecule is CC(C)[Si](O[C@@H]1CCC[C@H]2C=C[C@@H](C)[C@H](C=O)[C@@H]21)(C(C)C)C(C)C. The molecule has 138 valence electrons. The van der Waals surface area contributed by atoms with Crippen molar-refractivity contribution < 1.29 is 9.22 Å². The average Bonchev–Trinajstić information content (AvgIpc) is 2.51. The molecule has 24 heavy (non-hydrogen) atoms. The lowest BCUT2D eigenvalue weighted by atomic mass is 9.64. The quantitative estimate of drug-likeness (QED) is 0.334. The molecule has 3 heteroatoms. The minimum atomic E-state index is -1.90. The third-order valence-corrected chi connectivity index (χ3v) is 13.0. The standard InChI is InChI=1S/C21H38O2Si/c1-14(2)24(15(3)4,16(5)6)23-20-10-8-9-18-12-11-17(7)19(13-22)21(18)20/h11-21H,8-10H2,1-7H3/t17-,18+,19+,20-,21-/m1/s1. The van der Waals surface area contributed by atoms with E-state index in [4.69, 9.17) is 4.43 Å². The lowest BCUT2D eigenvalue weighted by molar-refractivity contribution is -0.117. The second-order valence-corrected chi connectivity index (χ2v) is 14.5. The van der Waals surface area contributed by atoms with Crippen molar-refractivity contribution in [3.05, 3.63) is 12.2 Å². The third kappa shape index (κ3) is 3.44. The molecule has 0 aliphatic heterocycles. The lowest BCUT2D eigenvalue weighted by Gasteiger charge is -2.51. The fraction of sp³-hybridized carbons (Fsp3) is 0.857. The number of carbonyl (C=O) groups is 1. The first-order valence-corrected chi connectivity index (χ1v) is 12.2. The van der Waals surface area contributed by atoms with Crippen LogP contribution < -0.4 is 0 Å². The van der Waals surface area contributed by atoms with Gasteiger partial charge in [0.05, 0.1) is 0 Å². The zero-order chi connectivity index (χ0) is 18.1. The molecule has 0 aromatic heterocycles. The minimum Gasteiger partial charge on any atom is -0.413 e. The summed E-state index contributed by atoms with van der Waals surface area (Å²) in [5, 5.41) is 0. The van der Waals surface area contributed by atoms with E-state index in [1.807, 2.05) is 0 Å². The summed E-state index contributed by atoms with van der Waals surface area (Å²) in [5.41, 5.74) is 1.80. The normalized spacial score (nSPS) is 34.0. The second kappa shape index (κ2) is 7.86. The summed E-state index contributed by atoms with van der Waals surface area (Å²) in [6.07, 6.45) is 9.72. The van der Waals surface area contributed by atoms with E-state index in [9.17, 15) is 4.79 Å². The number of rotatable bonds is 6. The summed E-state index contributed by atoms with van der Waals surface area (Å²) in [6, 6.07) is 0. The van der Waals surface area contributed by atoms with Gasteiger partial charge in [-0.3, -0.25) is 0 Å². The zero-order valence-corrected chi connectivity index (χ0v) is 17.8. The van der Waals surface area contributed by atoms with E-state index < -0.39 is 8.32 Å². The molecular weight excluding hydrogens is 312 g/mol. The highest BCUT2D eigenvalue weighted by molar-refractivity contribution is 6.77. The minimum absolute atomic E-state index is 0.128. The highest BCUT2D eigenvalue weighted by Gasteiger charge is 2.50. The summed E-state index contributed by atoms with van der Waals surface area (Å²) < 4.78 is 7.16. The monoisotopic (exact) mass is 350 g/mol. The number of carbonyl (C=O) groups excluding carboxylic acids is 1. The number of fused-ring (bicyclic) bond motifs is 1. The Kier molecular flexibility index (Phi) is 6.52. The van der Waals surface area contributed by atoms with Crippen LogP contribution in [0.3, 0.4) is 0 Å². The molecule has 0 saturated heterocycles. The van der Waals surface area contributed by atoms with Crippen LogP contribution in [0.25, 0.3) is 0 Å². The van der Waals surface area contributed by atoms with Crippen molar-refractivity contribution in [2.45, 2.75) is 90.5 Å². The van der Waals surface area contributed by atoms with Crippen molar-refractivity contribution in [3.63, 3.8) is 0 Å². The highest BCUT2D eigenvalue weighted by Crippen LogP contribution is 2.49. The van der Waals surface area contributed by atoms with Crippen molar-refractivity contribution in [3.8, 4) is 0 Å². The maximum Gasteiger partial charge on any atom is 0.200 e. The molecule has 5 atom stereocenters. The zero-order valence-electron chi connectivity index (χ0n) is 16.8. The molecule has 0 bridgehead atoms. The average molecular weight is 351 g/mol. The van der Waals surface area contributed by atoms with Gasteiger partial charge in [-0.05, 0) is 41.3 Å². The smallest absolute Gasteiger partial charge is 0.200 e. The van der Waals surface area contributed by atoms with Gasteiger partial charge in [-0.1, -0.05) is 67.0 Å². The Labute approximate surface area is 150 Å². The van der Waals surface area contributed by atoms with Gasteiger partial charge in [-0.25, -0.2) is 0 Å². The summed E-state index contributed by atoms with van der Waals surface area (Å²) in [7, 11) is -1.90. The summed E-state index contributed by atoms with van der Waals surface area (Å²) >= 11 is 0. The van der Waals surface area contributed by atoms with Crippen LogP contribution in [0.2, 0.25) is 16.6 Å². The van der Waals surface area contributed by atoms with E-state index in [0.717, 1.165) is 6.42 Å². The molecule has 2 nitrogen and oxygen atoms in total. The molecule has 0 radical (unpaired) electrons. The van der Waals surface area contributed by atoms with Crippen molar-refractivity contribution in [2.24, 2.45) is 23.7 Å². The van der Waals surface area contributed by atoms with Crippen molar-refractivity contribution in [2.75, 3.05) is 0 Å². The molecule has 2 aliphatic carbocycles. The number of aldehydes is 1. The number of allylic oxidation sites excluding steroid dienone is 2. The Morgan fingerprint density at radius 2 is 1.58 bits per heavy atom. The van der Waals surface area contributed by atoms with Gasteiger partial charge >= 0.3 is 0 Å². The Balaban J connectivity index is 2.35. The van der Waals surface area contributed by atoms with Crippen molar-refractivity contribution >= 4 is 14.6 Å². The summed E-state index contributed by atoms with van der Waals surface area (Å²) in [4.78, 5) is 11.9. The summed E-state index contributed by atoms with van der Waals surface area (Å²) in [5.74, 6) is 1.40. The van der Waals surface area contributed by atoms with Crippen LogP contribution in [0.4, 0.5) is 0 Å². The second-order valence-electron chi connectivity index (χ2n) is 9.10. The molecule has 0 unspecified atom stereocenters. The predicted octanol–water partition coefficient (Wildman–Crippen LogP) is 5.98. The Hall–Kier alpha value is -0.413. The van der Waals surface area contributed by atoms with E-state index in [0.29, 0.717) is 34.4 Å². The highest BCUT2D eigenvalue weighted by atomic mass is 28.4. The van der Waals surface area contributed by atoms with E-state index in [1.165, 1.54) is 19.1 Å². The van der Waals surface area contributed by atoms with E-state index in [-0.39, 0.29) is 12.0 Å². The molecular formula is C21H38O2Si. The van der Waals surface area contributed by atoms with Gasteiger partial charge in [-0.15, -0.1) is 0 Å². The van der Waals surface area contributed by atoms with Crippen LogP contribution in [-0.4, -0.2) is 20.7 Å². The Bertz CT molecular complexity index is 433. The van der Waals surface area contributed by atoms with Crippen molar-refractivity contribution in [1.29, 1.82) is 0 Å². The largest absolute Gasteiger partial charge is 0.413 e. The van der Waals surface area contributed by atoms with Crippen LogP contribution in [-0.2, 0) is 9.22 Å². The molecule has 1 fully saturated rings. The number of hydrogen-bond donors (Lipinski definition) is 0. The van der Waals surface area contributed by atoms with E-state index in [2.05, 4.69) is 60.6 Å². The Morgan fingerprint density at radius 3 is 2.08 bits per heavy atom. The van der Waals surface area contributed by atoms with Crippen LogP contribution in [0.5, 0.6) is 0 Å². The summed E-state index contributed by atoms with van der Waals surface area (Å²) in [6.45, 7) is 16.3. The van der Waals surface area contributed by atoms with Crippen LogP contribution in [0.15, 0.2) is 12.2 Å². The first kappa shape index (κ1) is 19.9. The van der Waals surface area contributed by atoms with E-state index in [1.54, 1.807) is 0 Å². The fourth-order valence-corrected chi connectivity index (χ4v) is 11.4. The first-order valence-electron chi connectivity index (χ1n) is 10.1. The molecule has 0 aromatic carbocycles. The van der Waals surface area contributed by atoms with Crippen LogP contribution in [0.1, 0.15) is 67.7 Å². The van der Waals surface area contributed by atoms with Crippen molar-refractivity contribution in [1.82, 2.24) is 0 Å². The lowest BCUT2D eigenvalue weighted by Crippen LogP contribution is -2.54. The molecule has 1 saturated carbocycles. The maximum atomic E-state index is 11.9. The number of hydrogen-bond acceptors (Lipinski definition) is 2.